The van der Waals surface area contributed by atoms with Crippen molar-refractivity contribution in [2.24, 2.45) is 0 Å². The van der Waals surface area contributed by atoms with Crippen molar-refractivity contribution in [3.8, 4) is 17.6 Å². The van der Waals surface area contributed by atoms with E-state index in [1.807, 2.05) is 0 Å². The summed E-state index contributed by atoms with van der Waals surface area (Å²) in [5.74, 6) is 5.13. The first kappa shape index (κ1) is 18.5. The van der Waals surface area contributed by atoms with Gasteiger partial charge in [-0.25, -0.2) is 9.78 Å². The van der Waals surface area contributed by atoms with Crippen molar-refractivity contribution in [3.63, 3.8) is 0 Å². The van der Waals surface area contributed by atoms with Gasteiger partial charge in [0.25, 0.3) is 0 Å². The minimum absolute atomic E-state index is 0.0742. The fourth-order valence-corrected chi connectivity index (χ4v) is 2.80. The zero-order valence-electron chi connectivity index (χ0n) is 14.3. The highest BCUT2D eigenvalue weighted by molar-refractivity contribution is 6.31. The standard InChI is InChI=1S/C20H16ClN3O3/c21-19-11-18(25)8-7-15(19)5-3-14-4-6-17(20(26)27)10-16(14)2-1-9-24-13-22-12-23-24/h4,6-8,10-13,25H,1-2,9H2,(H,26,27). The van der Waals surface area contributed by atoms with Crippen LogP contribution in [0.4, 0.5) is 0 Å². The van der Waals surface area contributed by atoms with Gasteiger partial charge in [0.15, 0.2) is 0 Å². The quantitative estimate of drug-likeness (QED) is 0.661. The van der Waals surface area contributed by atoms with Crippen LogP contribution in [0, 0.1) is 11.8 Å². The van der Waals surface area contributed by atoms with Gasteiger partial charge in [0.1, 0.15) is 18.4 Å². The second-order valence-corrected chi connectivity index (χ2v) is 6.26. The number of aromatic nitrogens is 3. The lowest BCUT2D eigenvalue weighted by Crippen LogP contribution is -2.03. The minimum Gasteiger partial charge on any atom is -0.508 e. The summed E-state index contributed by atoms with van der Waals surface area (Å²) in [5, 5.41) is 23.1. The van der Waals surface area contributed by atoms with Gasteiger partial charge in [-0.05, 0) is 54.8 Å². The summed E-state index contributed by atoms with van der Waals surface area (Å²) >= 11 is 6.09. The first-order valence-electron chi connectivity index (χ1n) is 8.22. The first-order valence-corrected chi connectivity index (χ1v) is 8.60. The van der Waals surface area contributed by atoms with Crippen LogP contribution >= 0.6 is 11.6 Å². The lowest BCUT2D eigenvalue weighted by molar-refractivity contribution is 0.0696. The number of phenols is 1. The topological polar surface area (TPSA) is 88.2 Å². The average molecular weight is 382 g/mol. The third-order valence-corrected chi connectivity index (χ3v) is 4.25. The Balaban J connectivity index is 1.85. The molecule has 6 nitrogen and oxygen atoms in total. The van der Waals surface area contributed by atoms with E-state index in [1.54, 1.807) is 29.2 Å². The maximum absolute atomic E-state index is 11.3. The zero-order valence-corrected chi connectivity index (χ0v) is 15.0. The molecule has 136 valence electrons. The Morgan fingerprint density at radius 1 is 1.15 bits per heavy atom. The van der Waals surface area contributed by atoms with E-state index in [0.29, 0.717) is 23.6 Å². The highest BCUT2D eigenvalue weighted by Gasteiger charge is 2.08. The Kier molecular flexibility index (Phi) is 5.74. The van der Waals surface area contributed by atoms with Crippen molar-refractivity contribution < 1.29 is 15.0 Å². The second-order valence-electron chi connectivity index (χ2n) is 5.85. The van der Waals surface area contributed by atoms with Crippen LogP contribution in [-0.4, -0.2) is 30.9 Å². The van der Waals surface area contributed by atoms with Crippen LogP contribution in [0.25, 0.3) is 0 Å². The second kappa shape index (κ2) is 8.39. The summed E-state index contributed by atoms with van der Waals surface area (Å²) < 4.78 is 1.72. The maximum Gasteiger partial charge on any atom is 0.335 e. The van der Waals surface area contributed by atoms with E-state index in [2.05, 4.69) is 21.9 Å². The van der Waals surface area contributed by atoms with Gasteiger partial charge < -0.3 is 10.2 Å². The molecule has 0 bridgehead atoms. The molecule has 0 saturated carbocycles. The predicted octanol–water partition coefficient (Wildman–Crippen LogP) is 3.37. The Labute approximate surface area is 161 Å². The third-order valence-electron chi connectivity index (χ3n) is 3.94. The summed E-state index contributed by atoms with van der Waals surface area (Å²) in [4.78, 5) is 15.2. The highest BCUT2D eigenvalue weighted by atomic mass is 35.5. The molecule has 0 fully saturated rings. The molecule has 0 aliphatic heterocycles. The number of aromatic hydroxyl groups is 1. The lowest BCUT2D eigenvalue weighted by atomic mass is 9.99. The SMILES string of the molecule is O=C(O)c1ccc(C#Cc2ccc(O)cc2Cl)c(CCCn2cncn2)c1. The van der Waals surface area contributed by atoms with E-state index >= 15 is 0 Å². The number of carbonyl (C=O) groups is 1. The number of hydrogen-bond donors (Lipinski definition) is 2. The monoisotopic (exact) mass is 381 g/mol. The molecule has 2 aromatic carbocycles. The van der Waals surface area contributed by atoms with Crippen molar-refractivity contribution in [1.82, 2.24) is 14.8 Å². The molecular formula is C20H16ClN3O3. The van der Waals surface area contributed by atoms with Crippen molar-refractivity contribution >= 4 is 17.6 Å². The van der Waals surface area contributed by atoms with Crippen LogP contribution in [0.1, 0.15) is 33.5 Å². The summed E-state index contributed by atoms with van der Waals surface area (Å²) in [5.41, 5.74) is 2.39. The Morgan fingerprint density at radius 2 is 1.93 bits per heavy atom. The number of halogens is 1. The maximum atomic E-state index is 11.3. The molecule has 1 heterocycles. The summed E-state index contributed by atoms with van der Waals surface area (Å²) in [6.07, 6.45) is 4.53. The lowest BCUT2D eigenvalue weighted by Gasteiger charge is -2.07. The molecule has 1 aromatic heterocycles. The third kappa shape index (κ3) is 4.87. The van der Waals surface area contributed by atoms with Gasteiger partial charge in [-0.3, -0.25) is 4.68 Å². The molecule has 0 aliphatic carbocycles. The number of hydrogen-bond acceptors (Lipinski definition) is 4. The molecule has 0 radical (unpaired) electrons. The number of phenolic OH excluding ortho intramolecular Hbond substituents is 1. The van der Waals surface area contributed by atoms with E-state index < -0.39 is 5.97 Å². The Hall–Kier alpha value is -3.30. The predicted molar refractivity (Wildman–Crippen MR) is 101 cm³/mol. The molecule has 0 spiro atoms. The number of carboxylic acid groups (broad SMARTS) is 1. The minimum atomic E-state index is -0.978. The van der Waals surface area contributed by atoms with E-state index in [9.17, 15) is 15.0 Å². The Bertz CT molecular complexity index is 1020. The van der Waals surface area contributed by atoms with Crippen molar-refractivity contribution in [2.75, 3.05) is 0 Å². The smallest absolute Gasteiger partial charge is 0.335 e. The summed E-state index contributed by atoms with van der Waals surface area (Å²) in [7, 11) is 0. The molecule has 3 rings (SSSR count). The van der Waals surface area contributed by atoms with E-state index in [-0.39, 0.29) is 11.3 Å². The molecule has 0 amide bonds. The molecular weight excluding hydrogens is 366 g/mol. The fraction of sp³-hybridized carbons (Fsp3) is 0.150. The number of nitrogens with zero attached hydrogens (tertiary/aromatic N) is 3. The van der Waals surface area contributed by atoms with Gasteiger partial charge in [-0.2, -0.15) is 5.10 Å². The van der Waals surface area contributed by atoms with Gasteiger partial charge >= 0.3 is 5.97 Å². The highest BCUT2D eigenvalue weighted by Crippen LogP contribution is 2.21. The van der Waals surface area contributed by atoms with Crippen LogP contribution in [0.2, 0.25) is 5.02 Å². The van der Waals surface area contributed by atoms with Gasteiger partial charge in [0, 0.05) is 17.7 Å². The summed E-state index contributed by atoms with van der Waals surface area (Å²) in [6, 6.07) is 9.47. The largest absolute Gasteiger partial charge is 0.508 e. The van der Waals surface area contributed by atoms with E-state index in [0.717, 1.165) is 17.5 Å². The van der Waals surface area contributed by atoms with Gasteiger partial charge in [0.05, 0.1) is 10.6 Å². The first-order chi connectivity index (χ1) is 13.0. The van der Waals surface area contributed by atoms with E-state index in [4.69, 9.17) is 11.6 Å². The van der Waals surface area contributed by atoms with Crippen LogP contribution < -0.4 is 0 Å². The molecule has 0 atom stereocenters. The average Bonchev–Trinajstić information content (AvgIpc) is 3.15. The van der Waals surface area contributed by atoms with Crippen LogP contribution in [0.5, 0.6) is 5.75 Å². The van der Waals surface area contributed by atoms with Gasteiger partial charge in [-0.1, -0.05) is 23.4 Å². The number of rotatable bonds is 5. The van der Waals surface area contributed by atoms with Crippen molar-refractivity contribution in [1.29, 1.82) is 0 Å². The fourth-order valence-electron chi connectivity index (χ4n) is 2.58. The van der Waals surface area contributed by atoms with Gasteiger partial charge in [0.2, 0.25) is 0 Å². The van der Waals surface area contributed by atoms with E-state index in [1.165, 1.54) is 24.5 Å². The summed E-state index contributed by atoms with van der Waals surface area (Å²) in [6.45, 7) is 0.675. The number of benzene rings is 2. The van der Waals surface area contributed by atoms with Crippen LogP contribution in [0.3, 0.4) is 0 Å². The van der Waals surface area contributed by atoms with Crippen molar-refractivity contribution in [2.45, 2.75) is 19.4 Å². The number of carboxylic acids is 1. The molecule has 7 heteroatoms. The molecule has 27 heavy (non-hydrogen) atoms. The molecule has 0 aliphatic rings. The van der Waals surface area contributed by atoms with Crippen LogP contribution in [-0.2, 0) is 13.0 Å². The molecule has 0 saturated heterocycles. The Morgan fingerprint density at radius 3 is 2.63 bits per heavy atom. The number of aryl methyl sites for hydroxylation is 2. The normalized spacial score (nSPS) is 10.3. The van der Waals surface area contributed by atoms with Gasteiger partial charge in [-0.15, -0.1) is 0 Å². The number of aromatic carboxylic acids is 1. The van der Waals surface area contributed by atoms with Crippen molar-refractivity contribution in [3.05, 3.63) is 76.3 Å². The van der Waals surface area contributed by atoms with Crippen LogP contribution in [0.15, 0.2) is 49.1 Å². The molecule has 0 unspecified atom stereocenters. The molecule has 2 N–H and O–H groups in total. The zero-order chi connectivity index (χ0) is 19.2. The molecule has 3 aromatic rings.